The van der Waals surface area contributed by atoms with Gasteiger partial charge in [-0.15, -0.1) is 16.4 Å². The maximum atomic E-state index is 14.9. The number of nitrogens with zero attached hydrogens (tertiary/aromatic N) is 5. The van der Waals surface area contributed by atoms with Gasteiger partial charge < -0.3 is 15.8 Å². The van der Waals surface area contributed by atoms with Gasteiger partial charge in [-0.1, -0.05) is 47.7 Å². The molecule has 40 heavy (non-hydrogen) atoms. The second-order valence-corrected chi connectivity index (χ2v) is 11.1. The predicted octanol–water partition coefficient (Wildman–Crippen LogP) is 6.06. The first kappa shape index (κ1) is 27.2. The Morgan fingerprint density at radius 2 is 2.00 bits per heavy atom. The molecule has 0 unspecified atom stereocenters. The molecule has 0 radical (unpaired) electrons. The number of primary amides is 1. The first-order valence-electron chi connectivity index (χ1n) is 13.0. The lowest BCUT2D eigenvalue weighted by atomic mass is 9.93. The van der Waals surface area contributed by atoms with Crippen LogP contribution in [0.5, 0.6) is 0 Å². The van der Waals surface area contributed by atoms with Gasteiger partial charge in [0, 0.05) is 17.4 Å². The van der Waals surface area contributed by atoms with Crippen molar-refractivity contribution in [3.8, 4) is 21.7 Å². The molecule has 1 amide bonds. The molecule has 0 aliphatic carbocycles. The number of thiophene rings is 1. The largest absolute Gasteiger partial charge is 0.444 e. The molecular formula is C29H30FN7O2S. The van der Waals surface area contributed by atoms with Crippen LogP contribution in [-0.2, 0) is 17.7 Å². The number of anilines is 1. The third kappa shape index (κ3) is 6.42. The first-order valence-corrected chi connectivity index (χ1v) is 13.8. The molecule has 0 saturated carbocycles. The number of hydrogen-bond acceptors (Lipinski definition) is 8. The molecule has 11 heteroatoms. The summed E-state index contributed by atoms with van der Waals surface area (Å²) in [5.41, 5.74) is 8.23. The van der Waals surface area contributed by atoms with E-state index in [-0.39, 0.29) is 5.69 Å². The van der Waals surface area contributed by atoms with Crippen LogP contribution in [0.15, 0.2) is 67.1 Å². The molecule has 206 valence electrons. The van der Waals surface area contributed by atoms with Gasteiger partial charge in [-0.25, -0.2) is 19.2 Å². The number of nitrogens with one attached hydrogen (secondary N) is 1. The number of rotatable bonds is 11. The molecule has 9 nitrogen and oxygen atoms in total. The molecule has 0 aliphatic rings. The fourth-order valence-corrected chi connectivity index (χ4v) is 5.86. The number of carbonyl (C=O) groups excluding carboxylic acids is 1. The van der Waals surface area contributed by atoms with E-state index in [1.165, 1.54) is 23.1 Å². The standard InChI is InChI=1S/C29H30FN7O2S/c1-29(2,39-27(31)38)12-6-9-19-7-3-4-10-21(19)22-11-5-8-20-17-24(40-26(20)22)25-23(30)18-33-28(35-25)32-13-15-37-16-14-34-36-37/h3-5,7-8,10-11,14,16-18H,6,9,12-13,15H2,1-2H3,(H2,31,38)(H,32,33,35). The Bertz CT molecular complexity index is 1620. The van der Waals surface area contributed by atoms with E-state index in [9.17, 15) is 9.18 Å². The van der Waals surface area contributed by atoms with Crippen molar-refractivity contribution < 1.29 is 13.9 Å². The fourth-order valence-electron chi connectivity index (χ4n) is 4.68. The number of nitrogens with two attached hydrogens (primary N) is 1. The van der Waals surface area contributed by atoms with Crippen molar-refractivity contribution in [3.05, 3.63) is 78.5 Å². The van der Waals surface area contributed by atoms with Crippen LogP contribution in [0, 0.1) is 5.82 Å². The molecule has 0 atom stereocenters. The molecular weight excluding hydrogens is 529 g/mol. The summed E-state index contributed by atoms with van der Waals surface area (Å²) in [6.45, 7) is 4.83. The maximum absolute atomic E-state index is 14.9. The van der Waals surface area contributed by atoms with Crippen molar-refractivity contribution in [1.82, 2.24) is 25.0 Å². The van der Waals surface area contributed by atoms with Gasteiger partial charge in [-0.3, -0.25) is 4.68 Å². The normalized spacial score (nSPS) is 11.6. The highest BCUT2D eigenvalue weighted by atomic mass is 32.1. The van der Waals surface area contributed by atoms with Crippen molar-refractivity contribution in [1.29, 1.82) is 0 Å². The Morgan fingerprint density at radius 1 is 1.18 bits per heavy atom. The van der Waals surface area contributed by atoms with E-state index in [0.29, 0.717) is 25.5 Å². The zero-order valence-electron chi connectivity index (χ0n) is 22.3. The molecule has 0 spiro atoms. The number of ether oxygens (including phenoxy) is 1. The fraction of sp³-hybridized carbons (Fsp3) is 0.276. The number of halogens is 1. The minimum atomic E-state index is -0.764. The van der Waals surface area contributed by atoms with Crippen LogP contribution < -0.4 is 11.1 Å². The smallest absolute Gasteiger partial charge is 0.405 e. The highest BCUT2D eigenvalue weighted by Gasteiger charge is 2.22. The first-order chi connectivity index (χ1) is 19.3. The molecule has 5 aromatic rings. The van der Waals surface area contributed by atoms with Crippen molar-refractivity contribution >= 4 is 33.5 Å². The maximum Gasteiger partial charge on any atom is 0.405 e. The van der Waals surface area contributed by atoms with Crippen molar-refractivity contribution in [2.24, 2.45) is 5.73 Å². The van der Waals surface area contributed by atoms with Crippen LogP contribution in [0.2, 0.25) is 0 Å². The van der Waals surface area contributed by atoms with Gasteiger partial charge in [0.2, 0.25) is 5.95 Å². The summed E-state index contributed by atoms with van der Waals surface area (Å²) in [6.07, 6.45) is 6.13. The Morgan fingerprint density at radius 3 is 2.80 bits per heavy atom. The van der Waals surface area contributed by atoms with E-state index in [0.717, 1.165) is 38.9 Å². The Hall–Kier alpha value is -4.38. The third-order valence-electron chi connectivity index (χ3n) is 6.53. The SMILES string of the molecule is CC(C)(CCCc1ccccc1-c1cccc2cc(-c3nc(NCCn4ccnn4)ncc3F)sc12)OC(N)=O. The van der Waals surface area contributed by atoms with E-state index in [4.69, 9.17) is 10.5 Å². The number of hydrogen-bond donors (Lipinski definition) is 2. The Labute approximate surface area is 235 Å². The lowest BCUT2D eigenvalue weighted by Gasteiger charge is -2.24. The number of aromatic nitrogens is 5. The van der Waals surface area contributed by atoms with Crippen LogP contribution in [0.1, 0.15) is 32.3 Å². The minimum absolute atomic E-state index is 0.260. The highest BCUT2D eigenvalue weighted by Crippen LogP contribution is 2.40. The molecule has 0 fully saturated rings. The summed E-state index contributed by atoms with van der Waals surface area (Å²) in [6, 6.07) is 16.4. The summed E-state index contributed by atoms with van der Waals surface area (Å²) < 4.78 is 22.9. The second-order valence-electron chi connectivity index (χ2n) is 10.0. The minimum Gasteiger partial charge on any atom is -0.444 e. The predicted molar refractivity (Wildman–Crippen MR) is 154 cm³/mol. The molecule has 5 rings (SSSR count). The molecule has 0 aliphatic heterocycles. The lowest BCUT2D eigenvalue weighted by Crippen LogP contribution is -2.31. The number of carbonyl (C=O) groups is 1. The van der Waals surface area contributed by atoms with Crippen LogP contribution in [0.4, 0.5) is 15.1 Å². The van der Waals surface area contributed by atoms with Crippen molar-refractivity contribution in [2.45, 2.75) is 45.3 Å². The van der Waals surface area contributed by atoms with E-state index in [1.807, 2.05) is 44.2 Å². The molecule has 2 aromatic carbocycles. The quantitative estimate of drug-likeness (QED) is 0.202. The second kappa shape index (κ2) is 11.8. The third-order valence-corrected chi connectivity index (χ3v) is 7.72. The van der Waals surface area contributed by atoms with Gasteiger partial charge in [0.15, 0.2) is 5.82 Å². The zero-order valence-corrected chi connectivity index (χ0v) is 23.1. The zero-order chi connectivity index (χ0) is 28.1. The van der Waals surface area contributed by atoms with Gasteiger partial charge >= 0.3 is 6.09 Å². The summed E-state index contributed by atoms with van der Waals surface area (Å²) in [4.78, 5) is 20.5. The van der Waals surface area contributed by atoms with Crippen LogP contribution in [-0.4, -0.2) is 43.2 Å². The van der Waals surface area contributed by atoms with E-state index in [2.05, 4.69) is 43.8 Å². The highest BCUT2D eigenvalue weighted by molar-refractivity contribution is 7.22. The molecule has 0 saturated heterocycles. The number of benzene rings is 2. The topological polar surface area (TPSA) is 121 Å². The lowest BCUT2D eigenvalue weighted by molar-refractivity contribution is 0.0378. The van der Waals surface area contributed by atoms with Gasteiger partial charge in [-0.05, 0) is 61.3 Å². The van der Waals surface area contributed by atoms with Crippen LogP contribution in [0.3, 0.4) is 0 Å². The van der Waals surface area contributed by atoms with Gasteiger partial charge in [-0.2, -0.15) is 0 Å². The van der Waals surface area contributed by atoms with Gasteiger partial charge in [0.05, 0.1) is 23.8 Å². The van der Waals surface area contributed by atoms with E-state index < -0.39 is 17.5 Å². The van der Waals surface area contributed by atoms with Crippen molar-refractivity contribution in [2.75, 3.05) is 11.9 Å². The summed E-state index contributed by atoms with van der Waals surface area (Å²) in [5, 5.41) is 11.9. The summed E-state index contributed by atoms with van der Waals surface area (Å²) >= 11 is 1.51. The van der Waals surface area contributed by atoms with Gasteiger partial charge in [0.25, 0.3) is 0 Å². The van der Waals surface area contributed by atoms with E-state index in [1.54, 1.807) is 17.1 Å². The Kier molecular flexibility index (Phi) is 8.01. The molecule has 3 aromatic heterocycles. The van der Waals surface area contributed by atoms with Gasteiger partial charge in [0.1, 0.15) is 11.3 Å². The molecule has 0 bridgehead atoms. The average Bonchev–Trinajstić information content (AvgIpc) is 3.59. The molecule has 3 N–H and O–H groups in total. The van der Waals surface area contributed by atoms with Crippen molar-refractivity contribution in [3.63, 3.8) is 0 Å². The Balaban J connectivity index is 1.39. The van der Waals surface area contributed by atoms with Crippen LogP contribution in [0.25, 0.3) is 31.8 Å². The average molecular weight is 560 g/mol. The molecule has 3 heterocycles. The van der Waals surface area contributed by atoms with Crippen LogP contribution >= 0.6 is 11.3 Å². The summed E-state index contributed by atoms with van der Waals surface area (Å²) in [5.74, 6) is -0.126. The number of amides is 1. The monoisotopic (exact) mass is 559 g/mol. The number of fused-ring (bicyclic) bond motifs is 1. The number of aryl methyl sites for hydroxylation is 1. The summed E-state index contributed by atoms with van der Waals surface area (Å²) in [7, 11) is 0. The van der Waals surface area contributed by atoms with E-state index >= 15 is 0 Å².